The van der Waals surface area contributed by atoms with E-state index in [1.807, 2.05) is 43.9 Å². The van der Waals surface area contributed by atoms with E-state index in [-0.39, 0.29) is 17.6 Å². The van der Waals surface area contributed by atoms with Crippen LogP contribution in [-0.4, -0.2) is 55.9 Å². The van der Waals surface area contributed by atoms with Crippen molar-refractivity contribution in [3.8, 4) is 17.2 Å². The molecule has 1 unspecified atom stereocenters. The van der Waals surface area contributed by atoms with Crippen LogP contribution in [0.15, 0.2) is 42.5 Å². The minimum Gasteiger partial charge on any atom is -0.493 e. The summed E-state index contributed by atoms with van der Waals surface area (Å²) >= 11 is 0. The predicted molar refractivity (Wildman–Crippen MR) is 128 cm³/mol. The first kappa shape index (κ1) is 23.4. The molecular weight excluding hydrogens is 418 g/mol. The Morgan fingerprint density at radius 1 is 1.15 bits per heavy atom. The first-order valence-electron chi connectivity index (χ1n) is 11.9. The van der Waals surface area contributed by atoms with Gasteiger partial charge in [-0.15, -0.1) is 0 Å². The van der Waals surface area contributed by atoms with Crippen LogP contribution in [0.4, 0.5) is 0 Å². The molecule has 1 fully saturated rings. The summed E-state index contributed by atoms with van der Waals surface area (Å²) in [6.07, 6.45) is 2.56. The van der Waals surface area contributed by atoms with Crippen molar-refractivity contribution in [1.29, 1.82) is 0 Å². The molecule has 0 saturated carbocycles. The number of hydrogen-bond acceptors (Lipinski definition) is 5. The molecule has 1 atom stereocenters. The molecule has 4 rings (SSSR count). The van der Waals surface area contributed by atoms with Crippen molar-refractivity contribution in [3.63, 3.8) is 0 Å². The molecule has 0 bridgehead atoms. The van der Waals surface area contributed by atoms with Gasteiger partial charge in [-0.05, 0) is 57.0 Å². The van der Waals surface area contributed by atoms with Gasteiger partial charge >= 0.3 is 0 Å². The Morgan fingerprint density at radius 3 is 2.61 bits per heavy atom. The number of para-hydroxylation sites is 1. The molecule has 2 aliphatic rings. The van der Waals surface area contributed by atoms with E-state index in [4.69, 9.17) is 18.9 Å². The van der Waals surface area contributed by atoms with Gasteiger partial charge in [0.25, 0.3) is 5.91 Å². The van der Waals surface area contributed by atoms with Gasteiger partial charge in [0.15, 0.2) is 11.5 Å². The van der Waals surface area contributed by atoms with Gasteiger partial charge in [-0.1, -0.05) is 18.2 Å². The number of fused-ring (bicyclic) bond motifs is 1. The minimum absolute atomic E-state index is 0.0151. The van der Waals surface area contributed by atoms with Gasteiger partial charge in [0.05, 0.1) is 19.8 Å². The zero-order chi connectivity index (χ0) is 23.4. The number of likely N-dealkylation sites (tertiary alicyclic amines) is 1. The normalized spacial score (nSPS) is 19.2. The van der Waals surface area contributed by atoms with Crippen molar-refractivity contribution in [2.45, 2.75) is 57.7 Å². The fourth-order valence-electron chi connectivity index (χ4n) is 4.91. The van der Waals surface area contributed by atoms with Crippen molar-refractivity contribution < 1.29 is 23.7 Å². The number of amides is 1. The predicted octanol–water partition coefficient (Wildman–Crippen LogP) is 5.06. The number of carbonyl (C=O) groups is 1. The van der Waals surface area contributed by atoms with E-state index in [2.05, 4.69) is 18.2 Å². The van der Waals surface area contributed by atoms with Gasteiger partial charge in [-0.25, -0.2) is 0 Å². The molecule has 33 heavy (non-hydrogen) atoms. The summed E-state index contributed by atoms with van der Waals surface area (Å²) in [4.78, 5) is 15.2. The molecule has 6 nitrogen and oxygen atoms in total. The van der Waals surface area contributed by atoms with Crippen LogP contribution in [0.2, 0.25) is 0 Å². The van der Waals surface area contributed by atoms with Gasteiger partial charge in [0, 0.05) is 44.0 Å². The molecule has 0 radical (unpaired) electrons. The monoisotopic (exact) mass is 453 g/mol. The largest absolute Gasteiger partial charge is 0.493 e. The van der Waals surface area contributed by atoms with Gasteiger partial charge in [-0.2, -0.15) is 0 Å². The SMILES string of the molecule is CCOCC1CC2(CCN(C(=O)c3ccc(OC(C)C)c(OC)c3)CC2)Oc2ccccc21. The third kappa shape index (κ3) is 5.11. The lowest BCUT2D eigenvalue weighted by Crippen LogP contribution is -2.52. The number of rotatable bonds is 7. The summed E-state index contributed by atoms with van der Waals surface area (Å²) < 4.78 is 23.6. The van der Waals surface area contributed by atoms with Crippen LogP contribution in [0.1, 0.15) is 61.9 Å². The molecule has 1 saturated heterocycles. The van der Waals surface area contributed by atoms with E-state index < -0.39 is 0 Å². The van der Waals surface area contributed by atoms with Crippen molar-refractivity contribution in [3.05, 3.63) is 53.6 Å². The molecule has 178 valence electrons. The molecule has 2 aromatic rings. The summed E-state index contributed by atoms with van der Waals surface area (Å²) in [5.41, 5.74) is 1.59. The average Bonchev–Trinajstić information content (AvgIpc) is 2.82. The van der Waals surface area contributed by atoms with E-state index in [0.29, 0.717) is 49.3 Å². The number of benzene rings is 2. The Bertz CT molecular complexity index is 965. The number of carbonyl (C=O) groups excluding carboxylic acids is 1. The molecule has 2 heterocycles. The van der Waals surface area contributed by atoms with Crippen LogP contribution >= 0.6 is 0 Å². The van der Waals surface area contributed by atoms with Crippen molar-refractivity contribution >= 4 is 5.91 Å². The van der Waals surface area contributed by atoms with E-state index in [9.17, 15) is 4.79 Å². The summed E-state index contributed by atoms with van der Waals surface area (Å²) in [6.45, 7) is 8.69. The quantitative estimate of drug-likeness (QED) is 0.587. The highest BCUT2D eigenvalue weighted by atomic mass is 16.5. The van der Waals surface area contributed by atoms with Crippen molar-refractivity contribution in [2.75, 3.05) is 33.4 Å². The number of methoxy groups -OCH3 is 1. The third-order valence-corrected chi connectivity index (χ3v) is 6.56. The third-order valence-electron chi connectivity index (χ3n) is 6.56. The van der Waals surface area contributed by atoms with Gasteiger partial charge < -0.3 is 23.8 Å². The maximum absolute atomic E-state index is 13.2. The van der Waals surface area contributed by atoms with Crippen LogP contribution < -0.4 is 14.2 Å². The first-order chi connectivity index (χ1) is 15.9. The zero-order valence-electron chi connectivity index (χ0n) is 20.1. The van der Waals surface area contributed by atoms with E-state index >= 15 is 0 Å². The van der Waals surface area contributed by atoms with Crippen LogP contribution in [0.3, 0.4) is 0 Å². The lowest BCUT2D eigenvalue weighted by atomic mass is 9.77. The Morgan fingerprint density at radius 2 is 1.91 bits per heavy atom. The van der Waals surface area contributed by atoms with Crippen LogP contribution in [0, 0.1) is 0 Å². The van der Waals surface area contributed by atoms with Crippen LogP contribution in [0.25, 0.3) is 0 Å². The van der Waals surface area contributed by atoms with Gasteiger partial charge in [0.1, 0.15) is 11.4 Å². The molecule has 1 spiro atoms. The van der Waals surface area contributed by atoms with E-state index in [1.54, 1.807) is 13.2 Å². The minimum atomic E-state index is -0.250. The molecular formula is C27H35NO5. The average molecular weight is 454 g/mol. The highest BCUT2D eigenvalue weighted by molar-refractivity contribution is 5.95. The number of ether oxygens (including phenoxy) is 4. The molecule has 0 aromatic heterocycles. The summed E-state index contributed by atoms with van der Waals surface area (Å²) in [5.74, 6) is 2.51. The van der Waals surface area contributed by atoms with Crippen LogP contribution in [-0.2, 0) is 4.74 Å². The first-order valence-corrected chi connectivity index (χ1v) is 11.9. The number of hydrogen-bond donors (Lipinski definition) is 0. The maximum Gasteiger partial charge on any atom is 0.253 e. The van der Waals surface area contributed by atoms with Gasteiger partial charge in [0.2, 0.25) is 0 Å². The number of piperidine rings is 1. The summed E-state index contributed by atoms with van der Waals surface area (Å²) in [5, 5.41) is 0. The molecule has 2 aliphatic heterocycles. The molecule has 0 N–H and O–H groups in total. The Hall–Kier alpha value is -2.73. The topological polar surface area (TPSA) is 57.2 Å². The summed E-state index contributed by atoms with van der Waals surface area (Å²) in [6, 6.07) is 13.7. The molecule has 0 aliphatic carbocycles. The van der Waals surface area contributed by atoms with E-state index in [0.717, 1.165) is 25.0 Å². The Labute approximate surface area is 196 Å². The van der Waals surface area contributed by atoms with Crippen LogP contribution in [0.5, 0.6) is 17.2 Å². The lowest BCUT2D eigenvalue weighted by molar-refractivity contribution is -0.0272. The lowest BCUT2D eigenvalue weighted by Gasteiger charge is -2.47. The summed E-state index contributed by atoms with van der Waals surface area (Å²) in [7, 11) is 1.60. The fourth-order valence-corrected chi connectivity index (χ4v) is 4.91. The second kappa shape index (κ2) is 10.0. The second-order valence-electron chi connectivity index (χ2n) is 9.21. The second-order valence-corrected chi connectivity index (χ2v) is 9.21. The molecule has 6 heteroatoms. The Balaban J connectivity index is 1.46. The smallest absolute Gasteiger partial charge is 0.253 e. The Kier molecular flexibility index (Phi) is 7.13. The standard InChI is InChI=1S/C27H35NO5/c1-5-31-18-21-17-27(33-23-9-7-6-8-22(21)23)12-14-28(15-13-27)26(29)20-10-11-24(32-19(2)3)25(16-20)30-4/h6-11,16,19,21H,5,12-15,17-18H2,1-4H3. The zero-order valence-corrected chi connectivity index (χ0v) is 20.1. The number of nitrogens with zero attached hydrogens (tertiary/aromatic N) is 1. The van der Waals surface area contributed by atoms with Crippen molar-refractivity contribution in [2.24, 2.45) is 0 Å². The molecule has 2 aromatic carbocycles. The highest BCUT2D eigenvalue weighted by Crippen LogP contribution is 2.45. The van der Waals surface area contributed by atoms with Gasteiger partial charge in [-0.3, -0.25) is 4.79 Å². The van der Waals surface area contributed by atoms with Crippen molar-refractivity contribution in [1.82, 2.24) is 4.90 Å². The maximum atomic E-state index is 13.2. The highest BCUT2D eigenvalue weighted by Gasteiger charge is 2.44. The molecule has 1 amide bonds. The fraction of sp³-hybridized carbons (Fsp3) is 0.519. The van der Waals surface area contributed by atoms with E-state index in [1.165, 1.54) is 5.56 Å².